The summed E-state index contributed by atoms with van der Waals surface area (Å²) < 4.78 is 6.05. The van der Waals surface area contributed by atoms with Gasteiger partial charge in [-0.3, -0.25) is 58.3 Å². The average molecular weight is 851 g/mol. The molecule has 332 valence electrons. The van der Waals surface area contributed by atoms with Crippen molar-refractivity contribution in [1.82, 2.24) is 44.6 Å². The zero-order valence-electron chi connectivity index (χ0n) is 34.7. The van der Waals surface area contributed by atoms with E-state index in [4.69, 9.17) is 4.74 Å². The summed E-state index contributed by atoms with van der Waals surface area (Å²) in [5.74, 6) is -3.17. The number of pyridine rings is 1. The molecule has 2 aromatic rings. The maximum atomic E-state index is 13.5. The lowest BCUT2D eigenvalue weighted by Crippen LogP contribution is -2.53. The number of benzene rings is 1. The number of nitrogens with one attached hydrogen (secondary N) is 1. The monoisotopic (exact) mass is 850 g/mol. The number of carbonyl (C=O) groups excluding carboxylic acids is 3. The quantitative estimate of drug-likeness (QED) is 0.143. The highest BCUT2D eigenvalue weighted by Gasteiger charge is 2.29. The summed E-state index contributed by atoms with van der Waals surface area (Å²) in [5.41, 5.74) is 0.985. The lowest BCUT2D eigenvalue weighted by molar-refractivity contribution is -0.141. The minimum absolute atomic E-state index is 0.0436. The van der Waals surface area contributed by atoms with Crippen molar-refractivity contribution in [3.8, 4) is 11.8 Å². The Morgan fingerprint density at radius 1 is 0.705 bits per heavy atom. The minimum Gasteiger partial charge on any atom is -0.494 e. The van der Waals surface area contributed by atoms with Crippen molar-refractivity contribution in [2.75, 3.05) is 131 Å². The van der Waals surface area contributed by atoms with E-state index in [1.807, 2.05) is 9.80 Å². The maximum Gasteiger partial charge on any atom is 0.317 e. The molecule has 0 radical (unpaired) electrons. The van der Waals surface area contributed by atoms with E-state index >= 15 is 0 Å². The Labute approximate surface area is 355 Å². The predicted molar refractivity (Wildman–Crippen MR) is 221 cm³/mol. The van der Waals surface area contributed by atoms with Crippen LogP contribution in [0.15, 0.2) is 30.5 Å². The minimum atomic E-state index is -1.02. The number of nitriles is 1. The number of hydrogen-bond acceptors (Lipinski definition) is 14. The number of amides is 3. The molecule has 4 N–H and O–H groups in total. The summed E-state index contributed by atoms with van der Waals surface area (Å²) in [7, 11) is 0. The van der Waals surface area contributed by atoms with Gasteiger partial charge in [0.15, 0.2) is 0 Å². The van der Waals surface area contributed by atoms with Crippen molar-refractivity contribution in [2.24, 2.45) is 0 Å². The highest BCUT2D eigenvalue weighted by Crippen LogP contribution is 2.23. The predicted octanol–water partition coefficient (Wildman–Crippen LogP) is -0.742. The number of unbranched alkanes of at least 4 members (excludes halogenated alkanes) is 1. The van der Waals surface area contributed by atoms with Crippen molar-refractivity contribution in [3.05, 3.63) is 36.0 Å². The fraction of sp³-hybridized carbons (Fsp3) is 0.610. The molecule has 20 nitrogen and oxygen atoms in total. The first-order chi connectivity index (χ1) is 29.4. The van der Waals surface area contributed by atoms with Gasteiger partial charge in [-0.25, -0.2) is 0 Å². The van der Waals surface area contributed by atoms with Crippen molar-refractivity contribution in [1.29, 1.82) is 5.26 Å². The van der Waals surface area contributed by atoms with Crippen LogP contribution in [0, 0.1) is 11.3 Å². The number of hydrogen-bond donors (Lipinski definition) is 4. The Morgan fingerprint density at radius 2 is 1.26 bits per heavy atom. The van der Waals surface area contributed by atoms with Gasteiger partial charge in [0.05, 0.1) is 56.5 Å². The molecule has 61 heavy (non-hydrogen) atoms. The molecule has 3 fully saturated rings. The number of carboxylic acids is 3. The number of carboxylic acid groups (broad SMARTS) is 3. The van der Waals surface area contributed by atoms with E-state index in [1.54, 1.807) is 45.2 Å². The van der Waals surface area contributed by atoms with Crippen LogP contribution >= 0.6 is 0 Å². The van der Waals surface area contributed by atoms with Crippen molar-refractivity contribution in [2.45, 2.75) is 31.7 Å². The second-order valence-corrected chi connectivity index (χ2v) is 15.7. The molecule has 0 bridgehead atoms. The van der Waals surface area contributed by atoms with E-state index < -0.39 is 29.9 Å². The number of carbonyl (C=O) groups is 6. The number of ether oxygens (including phenoxy) is 1. The molecule has 0 aliphatic carbocycles. The first kappa shape index (κ1) is 46.6. The Bertz CT molecular complexity index is 1850. The maximum absolute atomic E-state index is 13.5. The molecule has 20 heteroatoms. The average Bonchev–Trinajstić information content (AvgIpc) is 3.72. The van der Waals surface area contributed by atoms with Crippen molar-refractivity contribution >= 4 is 46.5 Å². The molecule has 1 aromatic carbocycles. The summed E-state index contributed by atoms with van der Waals surface area (Å²) in [4.78, 5) is 91.1. The van der Waals surface area contributed by atoms with Gasteiger partial charge in [0.1, 0.15) is 11.8 Å². The van der Waals surface area contributed by atoms with Crippen LogP contribution in [-0.4, -0.2) is 227 Å². The topological polar surface area (TPSA) is 244 Å². The Morgan fingerprint density at radius 3 is 1.82 bits per heavy atom. The highest BCUT2D eigenvalue weighted by atomic mass is 16.5. The first-order valence-corrected chi connectivity index (χ1v) is 20.9. The number of fused-ring (bicyclic) bond motifs is 1. The first-order valence-electron chi connectivity index (χ1n) is 20.9. The molecule has 0 saturated carbocycles. The number of piperazine rings is 1. The molecule has 1 aromatic heterocycles. The van der Waals surface area contributed by atoms with Crippen LogP contribution in [0.25, 0.3) is 10.9 Å². The van der Waals surface area contributed by atoms with Crippen LogP contribution in [0.2, 0.25) is 0 Å². The van der Waals surface area contributed by atoms with Crippen LogP contribution in [0.5, 0.6) is 5.75 Å². The number of aromatic nitrogens is 1. The van der Waals surface area contributed by atoms with Gasteiger partial charge in [-0.05, 0) is 56.5 Å². The van der Waals surface area contributed by atoms with E-state index in [9.17, 15) is 49.3 Å². The van der Waals surface area contributed by atoms with Crippen molar-refractivity contribution in [3.63, 3.8) is 0 Å². The molecule has 0 unspecified atom stereocenters. The molecule has 3 aliphatic rings. The van der Waals surface area contributed by atoms with Crippen molar-refractivity contribution < 1.29 is 48.8 Å². The standard InChI is InChI=1S/C41H58N10O10/c42-25-31-4-3-10-51(31)36(52)26-44-41(60)33-7-8-43-35-6-5-32(24-34(33)35)61-23-2-1-9-45-19-21-50(22-20-45)37(53)27-46-11-13-47(28-38(54)55)15-17-49(30-40(58)59)18-16-48(14-12-46)29-39(56)57/h5-8,24,31H,1-4,9-23,26-30H2,(H,44,60)(H,54,55)(H,56,57)(H,58,59)/t31-/m0/s1. The van der Waals surface area contributed by atoms with E-state index in [1.165, 1.54) is 4.90 Å². The van der Waals surface area contributed by atoms with Gasteiger partial charge in [-0.2, -0.15) is 5.26 Å². The third-order valence-electron chi connectivity index (χ3n) is 11.3. The van der Waals surface area contributed by atoms with Gasteiger partial charge >= 0.3 is 17.9 Å². The molecule has 3 saturated heterocycles. The fourth-order valence-corrected chi connectivity index (χ4v) is 7.89. The van der Waals surface area contributed by atoms with Crippen LogP contribution in [-0.2, 0) is 24.0 Å². The normalized spacial score (nSPS) is 19.4. The zero-order chi connectivity index (χ0) is 43.7. The molecular weight excluding hydrogens is 793 g/mol. The van der Waals surface area contributed by atoms with Crippen LogP contribution in [0.4, 0.5) is 0 Å². The SMILES string of the molecule is N#C[C@@H]1CCCN1C(=O)CNC(=O)c1ccnc2ccc(OCCCCN3CCN(C(=O)CN4CCN(CC(=O)O)CCN(CC(=O)O)CCN(CC(=O)O)CC4)CC3)cc12. The number of nitrogens with zero attached hydrogens (tertiary/aromatic N) is 9. The zero-order valence-corrected chi connectivity index (χ0v) is 34.7. The summed E-state index contributed by atoms with van der Waals surface area (Å²) in [6, 6.07) is 8.65. The second kappa shape index (κ2) is 23.5. The lowest BCUT2D eigenvalue weighted by Gasteiger charge is -2.37. The van der Waals surface area contributed by atoms with Gasteiger partial charge in [0, 0.05) is 96.7 Å². The summed E-state index contributed by atoms with van der Waals surface area (Å²) in [6.45, 7) is 6.29. The Balaban J connectivity index is 1.05. The van der Waals surface area contributed by atoms with Gasteiger partial charge in [0.25, 0.3) is 5.91 Å². The van der Waals surface area contributed by atoms with Crippen LogP contribution in [0.3, 0.4) is 0 Å². The van der Waals surface area contributed by atoms with Crippen LogP contribution < -0.4 is 10.1 Å². The summed E-state index contributed by atoms with van der Waals surface area (Å²) in [5, 5.41) is 41.0. The third kappa shape index (κ3) is 14.9. The molecule has 5 rings (SSSR count). The molecule has 3 amide bonds. The molecule has 1 atom stereocenters. The smallest absolute Gasteiger partial charge is 0.317 e. The Hall–Kier alpha value is -5.46. The summed E-state index contributed by atoms with van der Waals surface area (Å²) in [6.07, 6.45) is 4.60. The lowest BCUT2D eigenvalue weighted by atomic mass is 10.1. The fourth-order valence-electron chi connectivity index (χ4n) is 7.89. The molecule has 3 aliphatic heterocycles. The molecule has 0 spiro atoms. The third-order valence-corrected chi connectivity index (χ3v) is 11.3. The van der Waals surface area contributed by atoms with Gasteiger partial charge in [0.2, 0.25) is 11.8 Å². The molecule has 4 heterocycles. The van der Waals surface area contributed by atoms with E-state index in [2.05, 4.69) is 21.3 Å². The summed E-state index contributed by atoms with van der Waals surface area (Å²) >= 11 is 0. The number of likely N-dealkylation sites (tertiary alicyclic amines) is 1. The van der Waals surface area contributed by atoms with Gasteiger partial charge < -0.3 is 35.2 Å². The van der Waals surface area contributed by atoms with Crippen LogP contribution in [0.1, 0.15) is 36.0 Å². The number of aliphatic carboxylic acids is 3. The highest BCUT2D eigenvalue weighted by molar-refractivity contribution is 6.07. The van der Waals surface area contributed by atoms with E-state index in [0.29, 0.717) is 120 Å². The Kier molecular flexibility index (Phi) is 18.0. The van der Waals surface area contributed by atoms with Gasteiger partial charge in [-0.15, -0.1) is 0 Å². The van der Waals surface area contributed by atoms with E-state index in [0.717, 1.165) is 25.8 Å². The van der Waals surface area contributed by atoms with Gasteiger partial charge in [-0.1, -0.05) is 0 Å². The number of rotatable bonds is 17. The van der Waals surface area contributed by atoms with E-state index in [-0.39, 0.29) is 44.5 Å². The second-order valence-electron chi connectivity index (χ2n) is 15.7. The molecular formula is C41H58N10O10. The largest absolute Gasteiger partial charge is 0.494 e.